The predicted molar refractivity (Wildman–Crippen MR) is 52.6 cm³/mol. The van der Waals surface area contributed by atoms with E-state index in [1.54, 1.807) is 17.0 Å². The number of nitrogens with zero attached hydrogens (tertiary/aromatic N) is 3. The molecule has 1 heterocycles. The molecule has 0 spiro atoms. The Labute approximate surface area is 86.3 Å². The Morgan fingerprint density at radius 3 is 2.71 bits per heavy atom. The Bertz CT molecular complexity index is 315. The summed E-state index contributed by atoms with van der Waals surface area (Å²) in [5.74, 6) is -0.386. The Morgan fingerprint density at radius 1 is 1.57 bits per heavy atom. The fourth-order valence-electron chi connectivity index (χ4n) is 0.996. The van der Waals surface area contributed by atoms with Crippen molar-refractivity contribution in [2.24, 2.45) is 0 Å². The van der Waals surface area contributed by atoms with E-state index in [4.69, 9.17) is 16.7 Å². The molecule has 0 aliphatic heterocycles. The highest BCUT2D eigenvalue weighted by atomic mass is 35.5. The van der Waals surface area contributed by atoms with E-state index in [1.807, 2.05) is 6.92 Å². The Hall–Kier alpha value is -1.36. The molecule has 0 aliphatic rings. The van der Waals surface area contributed by atoms with E-state index in [9.17, 15) is 4.79 Å². The third-order valence-electron chi connectivity index (χ3n) is 1.65. The second-order valence-electron chi connectivity index (χ2n) is 2.62. The molecular weight excluding hydrogens is 206 g/mol. The highest BCUT2D eigenvalue weighted by molar-refractivity contribution is 6.29. The van der Waals surface area contributed by atoms with Gasteiger partial charge in [-0.25, -0.2) is 0 Å². The Kier molecular flexibility index (Phi) is 3.64. The summed E-state index contributed by atoms with van der Waals surface area (Å²) < 4.78 is 0. The van der Waals surface area contributed by atoms with Gasteiger partial charge in [0.2, 0.25) is 0 Å². The zero-order valence-corrected chi connectivity index (χ0v) is 8.40. The molecule has 0 unspecified atom stereocenters. The second kappa shape index (κ2) is 4.76. The van der Waals surface area contributed by atoms with E-state index in [0.717, 1.165) is 0 Å². The molecular formula is C8H10ClN3O2. The van der Waals surface area contributed by atoms with Crippen LogP contribution in [0.5, 0.6) is 0 Å². The van der Waals surface area contributed by atoms with Gasteiger partial charge in [-0.1, -0.05) is 11.6 Å². The van der Waals surface area contributed by atoms with E-state index >= 15 is 0 Å². The van der Waals surface area contributed by atoms with E-state index < -0.39 is 5.97 Å². The number of rotatable bonds is 4. The second-order valence-corrected chi connectivity index (χ2v) is 3.01. The van der Waals surface area contributed by atoms with Crippen molar-refractivity contribution in [2.75, 3.05) is 18.0 Å². The molecule has 5 nitrogen and oxygen atoms in total. The van der Waals surface area contributed by atoms with Crippen LogP contribution in [-0.2, 0) is 4.79 Å². The maximum atomic E-state index is 10.5. The summed E-state index contributed by atoms with van der Waals surface area (Å²) in [6.45, 7) is 2.31. The minimum absolute atomic E-state index is 0.0905. The SMILES string of the molecule is CCN(CC(=O)O)c1ccc(Cl)nn1. The van der Waals surface area contributed by atoms with Crippen LogP contribution in [0.1, 0.15) is 6.92 Å². The van der Waals surface area contributed by atoms with Crippen LogP contribution in [0.25, 0.3) is 0 Å². The van der Waals surface area contributed by atoms with E-state index in [-0.39, 0.29) is 6.54 Å². The van der Waals surface area contributed by atoms with Gasteiger partial charge < -0.3 is 10.0 Å². The predicted octanol–water partition coefficient (Wildman–Crippen LogP) is 1.04. The zero-order valence-electron chi connectivity index (χ0n) is 7.64. The van der Waals surface area contributed by atoms with Gasteiger partial charge in [-0.05, 0) is 19.1 Å². The van der Waals surface area contributed by atoms with Gasteiger partial charge in [-0.3, -0.25) is 4.79 Å². The number of carboxylic acid groups (broad SMARTS) is 1. The molecule has 0 saturated heterocycles. The lowest BCUT2D eigenvalue weighted by Gasteiger charge is -2.18. The third-order valence-corrected chi connectivity index (χ3v) is 1.85. The molecule has 1 rings (SSSR count). The monoisotopic (exact) mass is 215 g/mol. The van der Waals surface area contributed by atoms with Crippen molar-refractivity contribution in [3.05, 3.63) is 17.3 Å². The molecule has 6 heteroatoms. The Morgan fingerprint density at radius 2 is 2.29 bits per heavy atom. The summed E-state index contributed by atoms with van der Waals surface area (Å²) in [7, 11) is 0. The molecule has 0 atom stereocenters. The largest absolute Gasteiger partial charge is 0.480 e. The lowest BCUT2D eigenvalue weighted by Crippen LogP contribution is -2.30. The van der Waals surface area contributed by atoms with E-state index in [0.29, 0.717) is 17.5 Å². The van der Waals surface area contributed by atoms with Gasteiger partial charge in [0, 0.05) is 6.54 Å². The molecule has 0 saturated carbocycles. The first-order chi connectivity index (χ1) is 6.63. The van der Waals surface area contributed by atoms with Crippen LogP contribution < -0.4 is 4.90 Å². The lowest BCUT2D eigenvalue weighted by atomic mass is 10.4. The van der Waals surface area contributed by atoms with Gasteiger partial charge in [-0.15, -0.1) is 10.2 Å². The van der Waals surface area contributed by atoms with Gasteiger partial charge >= 0.3 is 5.97 Å². The van der Waals surface area contributed by atoms with Gasteiger partial charge in [0.25, 0.3) is 0 Å². The summed E-state index contributed by atoms with van der Waals surface area (Å²) in [4.78, 5) is 12.1. The van der Waals surface area contributed by atoms with Crippen molar-refractivity contribution in [2.45, 2.75) is 6.92 Å². The first kappa shape index (κ1) is 10.7. The number of hydrogen-bond donors (Lipinski definition) is 1. The van der Waals surface area contributed by atoms with Crippen LogP contribution in [0.3, 0.4) is 0 Å². The molecule has 0 aromatic carbocycles. The molecule has 14 heavy (non-hydrogen) atoms. The standard InChI is InChI=1S/C8H10ClN3O2/c1-2-12(5-8(13)14)7-4-3-6(9)10-11-7/h3-4H,2,5H2,1H3,(H,13,14). The van der Waals surface area contributed by atoms with Crippen LogP contribution in [0.2, 0.25) is 5.15 Å². The van der Waals surface area contributed by atoms with Crippen LogP contribution in [-0.4, -0.2) is 34.4 Å². The first-order valence-corrected chi connectivity index (χ1v) is 4.47. The molecule has 1 N–H and O–H groups in total. The first-order valence-electron chi connectivity index (χ1n) is 4.09. The summed E-state index contributed by atoms with van der Waals surface area (Å²) >= 11 is 5.56. The van der Waals surface area contributed by atoms with Crippen LogP contribution in [0.15, 0.2) is 12.1 Å². The van der Waals surface area contributed by atoms with E-state index in [2.05, 4.69) is 10.2 Å². The molecule has 76 valence electrons. The fraction of sp³-hybridized carbons (Fsp3) is 0.375. The fourth-order valence-corrected chi connectivity index (χ4v) is 1.10. The quantitative estimate of drug-likeness (QED) is 0.813. The van der Waals surface area contributed by atoms with Crippen LogP contribution in [0.4, 0.5) is 5.82 Å². The molecule has 1 aromatic heterocycles. The van der Waals surface area contributed by atoms with Crippen molar-refractivity contribution in [1.29, 1.82) is 0 Å². The molecule has 0 fully saturated rings. The summed E-state index contributed by atoms with van der Waals surface area (Å²) in [5, 5.41) is 16.3. The zero-order chi connectivity index (χ0) is 10.6. The maximum Gasteiger partial charge on any atom is 0.323 e. The molecule has 0 radical (unpaired) electrons. The minimum Gasteiger partial charge on any atom is -0.480 e. The van der Waals surface area contributed by atoms with Crippen molar-refractivity contribution >= 4 is 23.4 Å². The molecule has 0 amide bonds. The normalized spacial score (nSPS) is 9.86. The number of carboxylic acids is 1. The molecule has 1 aromatic rings. The topological polar surface area (TPSA) is 66.3 Å². The smallest absolute Gasteiger partial charge is 0.323 e. The van der Waals surface area contributed by atoms with Gasteiger partial charge in [-0.2, -0.15) is 0 Å². The number of halogens is 1. The number of hydrogen-bond acceptors (Lipinski definition) is 4. The van der Waals surface area contributed by atoms with Crippen LogP contribution >= 0.6 is 11.6 Å². The number of likely N-dealkylation sites (N-methyl/N-ethyl adjacent to an activating group) is 1. The van der Waals surface area contributed by atoms with Crippen molar-refractivity contribution in [1.82, 2.24) is 10.2 Å². The van der Waals surface area contributed by atoms with Gasteiger partial charge in [0.05, 0.1) is 0 Å². The maximum absolute atomic E-state index is 10.5. The summed E-state index contributed by atoms with van der Waals surface area (Å²) in [6.07, 6.45) is 0. The number of carbonyl (C=O) groups is 1. The van der Waals surface area contributed by atoms with Gasteiger partial charge in [0.1, 0.15) is 6.54 Å². The number of anilines is 1. The highest BCUT2D eigenvalue weighted by Gasteiger charge is 2.09. The average Bonchev–Trinajstić information content (AvgIpc) is 2.15. The molecule has 0 bridgehead atoms. The van der Waals surface area contributed by atoms with Crippen LogP contribution in [0, 0.1) is 0 Å². The summed E-state index contributed by atoms with van der Waals surface area (Å²) in [5.41, 5.74) is 0. The lowest BCUT2D eigenvalue weighted by molar-refractivity contribution is -0.135. The number of aromatic nitrogens is 2. The summed E-state index contributed by atoms with van der Waals surface area (Å²) in [6, 6.07) is 3.22. The highest BCUT2D eigenvalue weighted by Crippen LogP contribution is 2.10. The van der Waals surface area contributed by atoms with Gasteiger partial charge in [0.15, 0.2) is 11.0 Å². The molecule has 0 aliphatic carbocycles. The van der Waals surface area contributed by atoms with Crippen molar-refractivity contribution in [3.8, 4) is 0 Å². The third kappa shape index (κ3) is 2.85. The number of aliphatic carboxylic acids is 1. The van der Waals surface area contributed by atoms with E-state index in [1.165, 1.54) is 0 Å². The van der Waals surface area contributed by atoms with Crippen molar-refractivity contribution < 1.29 is 9.90 Å². The average molecular weight is 216 g/mol. The minimum atomic E-state index is -0.899. The van der Waals surface area contributed by atoms with Crippen molar-refractivity contribution in [3.63, 3.8) is 0 Å². The Balaban J connectivity index is 2.78.